The lowest BCUT2D eigenvalue weighted by molar-refractivity contribution is -0.0457. The molecule has 3 heterocycles. The van der Waals surface area contributed by atoms with Crippen molar-refractivity contribution in [1.29, 1.82) is 0 Å². The number of fused-ring (bicyclic) bond motifs is 1. The van der Waals surface area contributed by atoms with E-state index >= 15 is 0 Å². The average molecular weight is 300 g/mol. The van der Waals surface area contributed by atoms with E-state index < -0.39 is 18.4 Å². The zero-order valence-corrected chi connectivity index (χ0v) is 11.4. The third kappa shape index (κ3) is 2.01. The summed E-state index contributed by atoms with van der Waals surface area (Å²) in [7, 11) is 1.62. The Morgan fingerprint density at radius 1 is 1.65 bits per heavy atom. The van der Waals surface area contributed by atoms with E-state index in [0.717, 1.165) is 0 Å². The van der Waals surface area contributed by atoms with Gasteiger partial charge < -0.3 is 19.9 Å². The number of nitrogens with one attached hydrogen (secondary N) is 1. The van der Waals surface area contributed by atoms with E-state index in [4.69, 9.17) is 21.4 Å². The van der Waals surface area contributed by atoms with E-state index in [-0.39, 0.29) is 11.9 Å². The fraction of sp³-hybridized carbons (Fsp3) is 0.545. The first-order valence-electron chi connectivity index (χ1n) is 6.14. The lowest BCUT2D eigenvalue weighted by Crippen LogP contribution is -2.28. The molecule has 20 heavy (non-hydrogen) atoms. The molecule has 1 unspecified atom stereocenters. The zero-order chi connectivity index (χ0) is 14.3. The zero-order valence-electron chi connectivity index (χ0n) is 10.7. The summed E-state index contributed by atoms with van der Waals surface area (Å²) in [6.07, 6.45) is -0.108. The van der Waals surface area contributed by atoms with Crippen molar-refractivity contribution in [1.82, 2.24) is 19.5 Å². The maximum atomic E-state index is 9.84. The van der Waals surface area contributed by atoms with Gasteiger partial charge in [0.25, 0.3) is 0 Å². The second kappa shape index (κ2) is 5.13. The van der Waals surface area contributed by atoms with E-state index in [2.05, 4.69) is 19.9 Å². The molecule has 1 aliphatic rings. The van der Waals surface area contributed by atoms with E-state index in [1.54, 1.807) is 11.6 Å². The van der Waals surface area contributed by atoms with Crippen molar-refractivity contribution in [3.05, 3.63) is 17.1 Å². The minimum atomic E-state index is -0.754. The van der Waals surface area contributed by atoms with Crippen LogP contribution in [0.25, 0.3) is 11.2 Å². The van der Waals surface area contributed by atoms with Gasteiger partial charge in [0, 0.05) is 13.5 Å². The van der Waals surface area contributed by atoms with Gasteiger partial charge in [0.05, 0.1) is 19.0 Å². The summed E-state index contributed by atoms with van der Waals surface area (Å²) < 4.78 is 7.19. The number of aromatic nitrogens is 4. The van der Waals surface area contributed by atoms with Gasteiger partial charge in [-0.1, -0.05) is 0 Å². The predicted molar refractivity (Wildman–Crippen MR) is 70.0 cm³/mol. The van der Waals surface area contributed by atoms with Gasteiger partial charge in [-0.05, 0) is 11.6 Å². The van der Waals surface area contributed by atoms with Gasteiger partial charge in [0.2, 0.25) is 5.28 Å². The summed E-state index contributed by atoms with van der Waals surface area (Å²) in [5.74, 6) is 0. The molecule has 3 N–H and O–H groups in total. The fourth-order valence-corrected chi connectivity index (χ4v) is 2.67. The van der Waals surface area contributed by atoms with Crippen LogP contribution in [0.2, 0.25) is 5.28 Å². The first-order chi connectivity index (χ1) is 9.65. The summed E-state index contributed by atoms with van der Waals surface area (Å²) in [6, 6.07) is 0. The van der Waals surface area contributed by atoms with Gasteiger partial charge in [-0.15, -0.1) is 0 Å². The lowest BCUT2D eigenvalue weighted by atomic mass is 10.2. The molecule has 0 aliphatic carbocycles. The van der Waals surface area contributed by atoms with Crippen molar-refractivity contribution >= 4 is 22.8 Å². The van der Waals surface area contributed by atoms with E-state index in [9.17, 15) is 5.11 Å². The standard InChI is InChI=1S/C11H14ClN5O3/c1-13-10-8-9(15-4-14-8)16-11(12)17(10)7-2-5(19)6(3-18)20-7/h4-7,18-19H,2-3H2,1H3,(H,14,15)/t5-,6+,7?/m0/s1. The first kappa shape index (κ1) is 13.5. The normalized spacial score (nSPS) is 27.6. The number of rotatable bonds is 2. The molecule has 9 heteroatoms. The van der Waals surface area contributed by atoms with Crippen LogP contribution in [0.3, 0.4) is 0 Å². The van der Waals surface area contributed by atoms with E-state index in [1.165, 1.54) is 6.33 Å². The summed E-state index contributed by atoms with van der Waals surface area (Å²) in [5, 5.41) is 19.2. The van der Waals surface area contributed by atoms with Crippen LogP contribution in [0, 0.1) is 0 Å². The molecule has 0 aromatic carbocycles. The molecule has 1 fully saturated rings. The summed E-state index contributed by atoms with van der Waals surface area (Å²) in [6.45, 7) is -0.256. The Bertz CT molecular complexity index is 697. The molecule has 0 radical (unpaired) electrons. The van der Waals surface area contributed by atoms with Crippen LogP contribution in [0.4, 0.5) is 0 Å². The first-order valence-corrected chi connectivity index (χ1v) is 6.51. The van der Waals surface area contributed by atoms with Crippen LogP contribution in [-0.4, -0.2) is 55.6 Å². The molecule has 108 valence electrons. The Morgan fingerprint density at radius 2 is 2.45 bits per heavy atom. The molecule has 2 aromatic heterocycles. The van der Waals surface area contributed by atoms with Gasteiger partial charge in [-0.25, -0.2) is 4.98 Å². The quantitative estimate of drug-likeness (QED) is 0.653. The number of hydrogen-bond acceptors (Lipinski definition) is 6. The topological polar surface area (TPSA) is 109 Å². The second-order valence-electron chi connectivity index (χ2n) is 4.51. The molecule has 3 rings (SSSR count). The minimum Gasteiger partial charge on any atom is -0.394 e. The fourth-order valence-electron chi connectivity index (χ4n) is 2.40. The maximum Gasteiger partial charge on any atom is 0.208 e. The van der Waals surface area contributed by atoms with Crippen molar-refractivity contribution in [2.24, 2.45) is 4.99 Å². The minimum absolute atomic E-state index is 0.168. The second-order valence-corrected chi connectivity index (χ2v) is 4.85. The average Bonchev–Trinajstić information content (AvgIpc) is 3.02. The smallest absolute Gasteiger partial charge is 0.208 e. The highest BCUT2D eigenvalue weighted by Crippen LogP contribution is 2.29. The number of hydrogen-bond donors (Lipinski definition) is 3. The van der Waals surface area contributed by atoms with Crippen molar-refractivity contribution in [3.8, 4) is 0 Å². The highest BCUT2D eigenvalue weighted by atomic mass is 35.5. The monoisotopic (exact) mass is 299 g/mol. The number of aromatic amines is 1. The maximum absolute atomic E-state index is 9.84. The Kier molecular flexibility index (Phi) is 3.47. The molecule has 2 aromatic rings. The molecule has 0 saturated carbocycles. The highest BCUT2D eigenvalue weighted by Gasteiger charge is 2.35. The summed E-state index contributed by atoms with van der Waals surface area (Å²) in [4.78, 5) is 15.4. The number of aliphatic hydroxyl groups excluding tert-OH is 2. The number of aliphatic hydroxyl groups is 2. The van der Waals surface area contributed by atoms with Crippen molar-refractivity contribution < 1.29 is 14.9 Å². The van der Waals surface area contributed by atoms with Crippen molar-refractivity contribution in [2.75, 3.05) is 13.7 Å². The molecule has 0 amide bonds. The Balaban J connectivity index is 2.14. The largest absolute Gasteiger partial charge is 0.394 e. The molecule has 1 saturated heterocycles. The van der Waals surface area contributed by atoms with E-state index in [0.29, 0.717) is 23.1 Å². The van der Waals surface area contributed by atoms with Crippen LogP contribution >= 0.6 is 11.6 Å². The van der Waals surface area contributed by atoms with Gasteiger partial charge in [0.1, 0.15) is 17.8 Å². The molecule has 8 nitrogen and oxygen atoms in total. The Hall–Kier alpha value is -1.48. The number of ether oxygens (including phenoxy) is 1. The van der Waals surface area contributed by atoms with Crippen LogP contribution < -0.4 is 5.49 Å². The number of imidazole rings is 1. The Labute approximate surface area is 118 Å². The molecule has 1 aliphatic heterocycles. The lowest BCUT2D eigenvalue weighted by Gasteiger charge is -2.17. The van der Waals surface area contributed by atoms with Crippen LogP contribution in [0.1, 0.15) is 12.6 Å². The third-order valence-corrected chi connectivity index (χ3v) is 3.62. The molecule has 3 atom stereocenters. The number of nitrogens with zero attached hydrogens (tertiary/aromatic N) is 4. The summed E-state index contributed by atoms with van der Waals surface area (Å²) in [5.41, 5.74) is 1.64. The predicted octanol–water partition coefficient (Wildman–Crippen LogP) is -0.416. The number of H-pyrrole nitrogens is 1. The van der Waals surface area contributed by atoms with Crippen LogP contribution in [-0.2, 0) is 4.74 Å². The van der Waals surface area contributed by atoms with Crippen LogP contribution in [0.5, 0.6) is 0 Å². The molecular formula is C11H14ClN5O3. The summed E-state index contributed by atoms with van der Waals surface area (Å²) >= 11 is 6.18. The third-order valence-electron chi connectivity index (χ3n) is 3.35. The molecule has 0 bridgehead atoms. The van der Waals surface area contributed by atoms with Gasteiger partial charge >= 0.3 is 0 Å². The van der Waals surface area contributed by atoms with Crippen molar-refractivity contribution in [3.63, 3.8) is 0 Å². The van der Waals surface area contributed by atoms with E-state index in [1.807, 2.05) is 0 Å². The highest BCUT2D eigenvalue weighted by molar-refractivity contribution is 6.28. The molecule has 0 spiro atoms. The Morgan fingerprint density at radius 3 is 3.10 bits per heavy atom. The van der Waals surface area contributed by atoms with Crippen LogP contribution in [0.15, 0.2) is 11.3 Å². The SMILES string of the molecule is CN=c1c2[nH]cnc2nc(Cl)n1C1C[C@H](O)[C@@H](CO)O1. The van der Waals surface area contributed by atoms with Gasteiger partial charge in [-0.3, -0.25) is 9.56 Å². The van der Waals surface area contributed by atoms with Gasteiger partial charge in [-0.2, -0.15) is 4.98 Å². The van der Waals surface area contributed by atoms with Gasteiger partial charge in [0.15, 0.2) is 11.1 Å². The number of halogens is 1. The van der Waals surface area contributed by atoms with Crippen molar-refractivity contribution in [2.45, 2.75) is 24.9 Å². The molecular weight excluding hydrogens is 286 g/mol.